The molecule has 0 aliphatic rings. The summed E-state index contributed by atoms with van der Waals surface area (Å²) in [6.07, 6.45) is 0.807. The van der Waals surface area contributed by atoms with Gasteiger partial charge in [0.1, 0.15) is 11.7 Å². The Morgan fingerprint density at radius 3 is 2.58 bits per heavy atom. The number of methoxy groups -OCH3 is 1. The van der Waals surface area contributed by atoms with Crippen molar-refractivity contribution in [1.82, 2.24) is 9.78 Å². The van der Waals surface area contributed by atoms with E-state index in [1.807, 2.05) is 18.2 Å². The Hall–Kier alpha value is -2.34. The van der Waals surface area contributed by atoms with Crippen LogP contribution in [0.1, 0.15) is 27.6 Å². The second kappa shape index (κ2) is 7.50. The molecule has 1 heterocycles. The molecular weight excluding hydrogens is 375 g/mol. The Morgan fingerprint density at radius 2 is 1.92 bits per heavy atom. The molecule has 0 bridgehead atoms. The van der Waals surface area contributed by atoms with Crippen LogP contribution >= 0.6 is 23.2 Å². The number of ether oxygens (including phenoxy) is 1. The Labute approximate surface area is 160 Å². The number of carboxylic acid groups (broad SMARTS) is 1. The normalized spacial score (nSPS) is 12.2. The second-order valence-corrected chi connectivity index (χ2v) is 6.55. The lowest BCUT2D eigenvalue weighted by atomic mass is 9.93. The zero-order valence-electron chi connectivity index (χ0n) is 14.1. The highest BCUT2D eigenvalue weighted by Gasteiger charge is 2.25. The Bertz CT molecular complexity index is 969. The third-order valence-electron chi connectivity index (χ3n) is 4.14. The molecule has 1 aromatic heterocycles. The van der Waals surface area contributed by atoms with E-state index in [0.717, 1.165) is 5.56 Å². The smallest absolute Gasteiger partial charge is 0.339 e. The molecule has 5 nitrogen and oxygen atoms in total. The molecule has 0 spiro atoms. The lowest BCUT2D eigenvalue weighted by Gasteiger charge is -2.21. The molecule has 0 saturated carbocycles. The van der Waals surface area contributed by atoms with Gasteiger partial charge >= 0.3 is 5.97 Å². The van der Waals surface area contributed by atoms with Gasteiger partial charge in [-0.2, -0.15) is 5.10 Å². The number of benzene rings is 2. The number of hydrogen-bond donors (Lipinski definition) is 1. The van der Waals surface area contributed by atoms with Crippen LogP contribution < -0.4 is 0 Å². The molecule has 2 aromatic carbocycles. The maximum atomic E-state index is 11.6. The molecule has 0 amide bonds. The minimum Gasteiger partial charge on any atom is -0.478 e. The van der Waals surface area contributed by atoms with Crippen molar-refractivity contribution in [3.63, 3.8) is 0 Å². The number of carboxylic acids is 1. The van der Waals surface area contributed by atoms with E-state index in [9.17, 15) is 9.90 Å². The average Bonchev–Trinajstić information content (AvgIpc) is 2.99. The summed E-state index contributed by atoms with van der Waals surface area (Å²) < 4.78 is 7.24. The third-order valence-corrected chi connectivity index (χ3v) is 4.72. The minimum absolute atomic E-state index is 0.102. The first-order valence-corrected chi connectivity index (χ1v) is 8.52. The van der Waals surface area contributed by atoms with Gasteiger partial charge in [-0.3, -0.25) is 4.68 Å². The minimum atomic E-state index is -1.05. The zero-order chi connectivity index (χ0) is 18.8. The topological polar surface area (TPSA) is 64.3 Å². The van der Waals surface area contributed by atoms with Crippen molar-refractivity contribution in [2.75, 3.05) is 7.11 Å². The number of carbonyl (C=O) groups is 1. The molecule has 3 rings (SSSR count). The number of aryl methyl sites for hydroxylation is 1. The summed E-state index contributed by atoms with van der Waals surface area (Å²) in [5, 5.41) is 14.7. The summed E-state index contributed by atoms with van der Waals surface area (Å²) in [5.74, 6) is -1.05. The van der Waals surface area contributed by atoms with Crippen LogP contribution in [0.2, 0.25) is 10.0 Å². The molecule has 26 heavy (non-hydrogen) atoms. The summed E-state index contributed by atoms with van der Waals surface area (Å²) in [7, 11) is 3.26. The lowest BCUT2D eigenvalue weighted by Crippen LogP contribution is -2.09. The average molecular weight is 391 g/mol. The lowest BCUT2D eigenvalue weighted by molar-refractivity contribution is 0.0697. The van der Waals surface area contributed by atoms with Crippen molar-refractivity contribution < 1.29 is 14.6 Å². The highest BCUT2D eigenvalue weighted by molar-refractivity contribution is 6.31. The number of hydrogen-bond acceptors (Lipinski definition) is 3. The summed E-state index contributed by atoms with van der Waals surface area (Å²) >= 11 is 12.6. The number of aromatic carboxylic acids is 1. The predicted octanol–water partition coefficient (Wildman–Crippen LogP) is 4.83. The summed E-state index contributed by atoms with van der Waals surface area (Å²) in [5.41, 5.74) is 2.71. The van der Waals surface area contributed by atoms with E-state index < -0.39 is 12.1 Å². The van der Waals surface area contributed by atoms with Gasteiger partial charge in [0.05, 0.1) is 11.9 Å². The molecular formula is C19H16Cl2N2O3. The fraction of sp³-hybridized carbons (Fsp3) is 0.158. The van der Waals surface area contributed by atoms with Crippen LogP contribution in [0.25, 0.3) is 11.3 Å². The molecule has 0 saturated heterocycles. The molecule has 134 valence electrons. The summed E-state index contributed by atoms with van der Waals surface area (Å²) in [4.78, 5) is 11.6. The molecule has 1 N–H and O–H groups in total. The number of nitrogens with zero attached hydrogens (tertiary/aromatic N) is 2. The van der Waals surface area contributed by atoms with Gasteiger partial charge in [-0.05, 0) is 23.8 Å². The van der Waals surface area contributed by atoms with Gasteiger partial charge < -0.3 is 9.84 Å². The highest BCUT2D eigenvalue weighted by atomic mass is 35.5. The Kier molecular flexibility index (Phi) is 5.32. The molecule has 7 heteroatoms. The van der Waals surface area contributed by atoms with E-state index in [-0.39, 0.29) is 5.56 Å². The largest absolute Gasteiger partial charge is 0.478 e. The van der Waals surface area contributed by atoms with Crippen LogP contribution in [-0.4, -0.2) is 28.0 Å². The van der Waals surface area contributed by atoms with E-state index in [4.69, 9.17) is 27.9 Å². The van der Waals surface area contributed by atoms with E-state index in [1.165, 1.54) is 10.9 Å². The van der Waals surface area contributed by atoms with Crippen molar-refractivity contribution in [2.45, 2.75) is 6.10 Å². The van der Waals surface area contributed by atoms with Crippen LogP contribution in [-0.2, 0) is 11.8 Å². The summed E-state index contributed by atoms with van der Waals surface area (Å²) in [6.45, 7) is 0. The van der Waals surface area contributed by atoms with Gasteiger partial charge in [0.15, 0.2) is 0 Å². The monoisotopic (exact) mass is 390 g/mol. The van der Waals surface area contributed by atoms with Crippen molar-refractivity contribution >= 4 is 29.2 Å². The van der Waals surface area contributed by atoms with Crippen LogP contribution in [0.3, 0.4) is 0 Å². The molecule has 3 aromatic rings. The Morgan fingerprint density at radius 1 is 1.19 bits per heavy atom. The molecule has 0 fully saturated rings. The first kappa shape index (κ1) is 18.5. The van der Waals surface area contributed by atoms with E-state index in [0.29, 0.717) is 26.9 Å². The maximum absolute atomic E-state index is 11.6. The number of aromatic nitrogens is 2. The standard InChI is InChI=1S/C19H16Cl2N2O3/c1-23-17(15(10-22-23)19(24)25)12-8-7-11(20)9-14(12)18(26-2)13-5-3-4-6-16(13)21/h3-10,18H,1-2H3,(H,24,25). The van der Waals surface area contributed by atoms with E-state index in [1.54, 1.807) is 38.4 Å². The van der Waals surface area contributed by atoms with Crippen molar-refractivity contribution in [1.29, 1.82) is 0 Å². The van der Waals surface area contributed by atoms with E-state index >= 15 is 0 Å². The van der Waals surface area contributed by atoms with Gasteiger partial charge in [-0.1, -0.05) is 47.5 Å². The molecule has 0 aliphatic carbocycles. The molecule has 1 atom stereocenters. The van der Waals surface area contributed by atoms with Gasteiger partial charge in [-0.15, -0.1) is 0 Å². The Balaban J connectivity index is 2.26. The maximum Gasteiger partial charge on any atom is 0.339 e. The second-order valence-electron chi connectivity index (χ2n) is 5.70. The molecule has 1 unspecified atom stereocenters. The third kappa shape index (κ3) is 3.33. The summed E-state index contributed by atoms with van der Waals surface area (Å²) in [6, 6.07) is 12.6. The van der Waals surface area contributed by atoms with Crippen molar-refractivity contribution in [2.24, 2.45) is 7.05 Å². The van der Waals surface area contributed by atoms with Gasteiger partial charge in [0.2, 0.25) is 0 Å². The molecule has 0 aliphatic heterocycles. The first-order valence-electron chi connectivity index (χ1n) is 7.76. The van der Waals surface area contributed by atoms with Crippen molar-refractivity contribution in [3.05, 3.63) is 75.4 Å². The van der Waals surface area contributed by atoms with Crippen LogP contribution in [0.5, 0.6) is 0 Å². The van der Waals surface area contributed by atoms with Gasteiger partial charge in [0, 0.05) is 35.3 Å². The SMILES string of the molecule is COC(c1ccccc1Cl)c1cc(Cl)ccc1-c1c(C(=O)O)cnn1C. The quantitative estimate of drug-likeness (QED) is 0.677. The van der Waals surface area contributed by atoms with Crippen molar-refractivity contribution in [3.8, 4) is 11.3 Å². The fourth-order valence-electron chi connectivity index (χ4n) is 2.99. The first-order chi connectivity index (χ1) is 12.4. The predicted molar refractivity (Wildman–Crippen MR) is 101 cm³/mol. The van der Waals surface area contributed by atoms with Gasteiger partial charge in [-0.25, -0.2) is 4.79 Å². The van der Waals surface area contributed by atoms with Crippen LogP contribution in [0, 0.1) is 0 Å². The zero-order valence-corrected chi connectivity index (χ0v) is 15.6. The van der Waals surface area contributed by atoms with Gasteiger partial charge in [0.25, 0.3) is 0 Å². The van der Waals surface area contributed by atoms with E-state index in [2.05, 4.69) is 5.10 Å². The number of rotatable bonds is 5. The number of halogens is 2. The highest BCUT2D eigenvalue weighted by Crippen LogP contribution is 2.38. The fourth-order valence-corrected chi connectivity index (χ4v) is 3.40. The van der Waals surface area contributed by atoms with Crippen LogP contribution in [0.4, 0.5) is 0 Å². The molecule has 0 radical (unpaired) electrons. The van der Waals surface area contributed by atoms with Crippen LogP contribution in [0.15, 0.2) is 48.7 Å².